The summed E-state index contributed by atoms with van der Waals surface area (Å²) in [5.74, 6) is 0. The van der Waals surface area contributed by atoms with Crippen molar-refractivity contribution in [3.63, 3.8) is 0 Å². The summed E-state index contributed by atoms with van der Waals surface area (Å²) in [4.78, 5) is 0. The number of hydrogen-bond donors (Lipinski definition) is 0. The largest absolute Gasteiger partial charge is 1.00 e. The molecule has 0 unspecified atom stereocenters. The van der Waals surface area contributed by atoms with Gasteiger partial charge in [0, 0.05) is 0 Å². The minimum absolute atomic E-state index is 0. The predicted molar refractivity (Wildman–Crippen MR) is 39.9 cm³/mol. The second-order valence-electron chi connectivity index (χ2n) is 2.02. The zero-order chi connectivity index (χ0) is 6.69. The van der Waals surface area contributed by atoms with Crippen molar-refractivity contribution in [1.29, 1.82) is 0 Å². The number of hydrogen-bond acceptors (Lipinski definition) is 0. The normalized spacial score (nSPS) is 8.10. The van der Waals surface area contributed by atoms with Gasteiger partial charge >= 0.3 is 18.9 Å². The number of benzene rings is 1. The Bertz CT molecular complexity index is 216. The van der Waals surface area contributed by atoms with Gasteiger partial charge in [0.2, 0.25) is 0 Å². The van der Waals surface area contributed by atoms with Gasteiger partial charge in [-0.25, -0.2) is 6.08 Å². The van der Waals surface area contributed by atoms with E-state index in [0.29, 0.717) is 0 Å². The van der Waals surface area contributed by atoms with E-state index in [1.807, 2.05) is 31.2 Å². The second-order valence-corrected chi connectivity index (χ2v) is 2.02. The molecule has 0 aliphatic carbocycles. The molecule has 0 spiro atoms. The molecule has 46 valence electrons. The van der Waals surface area contributed by atoms with Crippen LogP contribution in [-0.2, 0) is 0 Å². The first-order valence-corrected chi connectivity index (χ1v) is 2.95. The van der Waals surface area contributed by atoms with Crippen molar-refractivity contribution in [2.75, 3.05) is 0 Å². The Hall–Kier alpha value is -0.443. The minimum Gasteiger partial charge on any atom is -0.292 e. The molecule has 1 rings (SSSR count). The summed E-state index contributed by atoms with van der Waals surface area (Å²) in [5.41, 5.74) is 2.33. The summed E-state index contributed by atoms with van der Waals surface area (Å²) >= 11 is 0. The van der Waals surface area contributed by atoms with Gasteiger partial charge in [-0.05, 0) is 0 Å². The zero-order valence-corrected chi connectivity index (χ0v) is 6.46. The predicted octanol–water partition coefficient (Wildman–Crippen LogP) is -0.555. The van der Waals surface area contributed by atoms with Crippen molar-refractivity contribution in [2.45, 2.75) is 6.92 Å². The van der Waals surface area contributed by atoms with Crippen molar-refractivity contribution in [1.82, 2.24) is 0 Å². The van der Waals surface area contributed by atoms with Crippen molar-refractivity contribution >= 4 is 6.08 Å². The Morgan fingerprint density at radius 2 is 1.90 bits per heavy atom. The number of aryl methyl sites for hydroxylation is 1. The summed E-state index contributed by atoms with van der Waals surface area (Å²) < 4.78 is 0. The zero-order valence-electron chi connectivity index (χ0n) is 6.46. The fraction of sp³-hybridized carbons (Fsp3) is 0.111. The molecule has 0 aliphatic rings. The summed E-state index contributed by atoms with van der Waals surface area (Å²) in [6, 6.07) is 8.02. The molecule has 0 saturated carbocycles. The third-order valence-corrected chi connectivity index (χ3v) is 1.37. The molecular formula is C9H9Li. The Morgan fingerprint density at radius 1 is 1.30 bits per heavy atom. The molecule has 1 heteroatoms. The number of rotatable bonds is 1. The third kappa shape index (κ3) is 2.06. The molecule has 0 amide bonds. The van der Waals surface area contributed by atoms with E-state index < -0.39 is 0 Å². The summed E-state index contributed by atoms with van der Waals surface area (Å²) in [5, 5.41) is 0. The molecule has 0 heterocycles. The first-order valence-electron chi connectivity index (χ1n) is 2.95. The Morgan fingerprint density at radius 3 is 2.30 bits per heavy atom. The molecular weight excluding hydrogens is 115 g/mol. The van der Waals surface area contributed by atoms with E-state index in [1.54, 1.807) is 6.08 Å². The van der Waals surface area contributed by atoms with Gasteiger partial charge in [-0.2, -0.15) is 5.56 Å². The van der Waals surface area contributed by atoms with Crippen LogP contribution in [0.4, 0.5) is 0 Å². The van der Waals surface area contributed by atoms with E-state index in [2.05, 4.69) is 0 Å². The Kier molecular flexibility index (Phi) is 4.19. The molecule has 10 heavy (non-hydrogen) atoms. The van der Waals surface area contributed by atoms with Gasteiger partial charge in [0.15, 0.2) is 0 Å². The van der Waals surface area contributed by atoms with E-state index in [-0.39, 0.29) is 18.9 Å². The van der Waals surface area contributed by atoms with Crippen LogP contribution in [0.1, 0.15) is 11.1 Å². The van der Waals surface area contributed by atoms with E-state index >= 15 is 0 Å². The average Bonchev–Trinajstić information content (AvgIpc) is 1.89. The molecule has 0 aliphatic heterocycles. The van der Waals surface area contributed by atoms with Gasteiger partial charge in [0.05, 0.1) is 0 Å². The van der Waals surface area contributed by atoms with Crippen molar-refractivity contribution in [3.8, 4) is 0 Å². The first kappa shape index (κ1) is 9.56. The smallest absolute Gasteiger partial charge is 0.292 e. The molecule has 0 saturated heterocycles. The Labute approximate surface area is 74.1 Å². The molecule has 0 atom stereocenters. The molecule has 0 nitrogen and oxygen atoms in total. The van der Waals surface area contributed by atoms with E-state index in [0.717, 1.165) is 5.56 Å². The minimum atomic E-state index is 0. The molecule has 1 aromatic rings. The van der Waals surface area contributed by atoms with Gasteiger partial charge in [0.1, 0.15) is 0 Å². The maximum atomic E-state index is 5.33. The molecule has 0 N–H and O–H groups in total. The summed E-state index contributed by atoms with van der Waals surface area (Å²) in [6.07, 6.45) is 1.62. The van der Waals surface area contributed by atoms with Gasteiger partial charge in [-0.3, -0.25) is 6.58 Å². The third-order valence-electron chi connectivity index (χ3n) is 1.37. The molecule has 0 radical (unpaired) electrons. The summed E-state index contributed by atoms with van der Waals surface area (Å²) in [6.45, 7) is 7.37. The van der Waals surface area contributed by atoms with Gasteiger partial charge in [-0.1, -0.05) is 25.1 Å². The van der Waals surface area contributed by atoms with E-state index in [9.17, 15) is 0 Å². The van der Waals surface area contributed by atoms with Crippen LogP contribution in [0, 0.1) is 13.5 Å². The maximum Gasteiger partial charge on any atom is 1.00 e. The van der Waals surface area contributed by atoms with Crippen LogP contribution in [0.2, 0.25) is 0 Å². The van der Waals surface area contributed by atoms with Gasteiger partial charge < -0.3 is 0 Å². The van der Waals surface area contributed by atoms with Gasteiger partial charge in [0.25, 0.3) is 0 Å². The van der Waals surface area contributed by atoms with Crippen LogP contribution in [0.5, 0.6) is 0 Å². The first-order chi connectivity index (χ1) is 4.34. The van der Waals surface area contributed by atoms with Crippen molar-refractivity contribution in [2.24, 2.45) is 0 Å². The quantitative estimate of drug-likeness (QED) is 0.348. The monoisotopic (exact) mass is 124 g/mol. The van der Waals surface area contributed by atoms with Crippen LogP contribution in [-0.4, -0.2) is 0 Å². The van der Waals surface area contributed by atoms with Crippen LogP contribution >= 0.6 is 0 Å². The SMILES string of the molecule is [CH-]=Cc1ccccc1C.[Li+]. The maximum absolute atomic E-state index is 5.33. The fourth-order valence-corrected chi connectivity index (χ4v) is 0.774. The van der Waals surface area contributed by atoms with Crippen LogP contribution in [0.15, 0.2) is 24.3 Å². The Balaban J connectivity index is 0.000000810. The van der Waals surface area contributed by atoms with Crippen molar-refractivity contribution < 1.29 is 18.9 Å². The molecule has 1 aromatic carbocycles. The van der Waals surface area contributed by atoms with Crippen LogP contribution in [0.25, 0.3) is 6.08 Å². The van der Waals surface area contributed by atoms with Gasteiger partial charge in [-0.15, -0.1) is 11.6 Å². The van der Waals surface area contributed by atoms with Crippen molar-refractivity contribution in [3.05, 3.63) is 42.0 Å². The van der Waals surface area contributed by atoms with Crippen LogP contribution in [0.3, 0.4) is 0 Å². The molecule has 0 fully saturated rings. The standard InChI is InChI=1S/C9H9.Li/c1-3-9-7-5-4-6-8(9)2;/h1,3-7H,2H3;/q-1;+1. The topological polar surface area (TPSA) is 0 Å². The van der Waals surface area contributed by atoms with E-state index in [1.165, 1.54) is 5.56 Å². The van der Waals surface area contributed by atoms with E-state index in [4.69, 9.17) is 6.58 Å². The summed E-state index contributed by atoms with van der Waals surface area (Å²) in [7, 11) is 0. The van der Waals surface area contributed by atoms with Crippen LogP contribution < -0.4 is 18.9 Å². The second kappa shape index (κ2) is 4.39. The molecule has 0 bridgehead atoms. The fourth-order valence-electron chi connectivity index (χ4n) is 0.774. The average molecular weight is 124 g/mol. The molecule has 0 aromatic heterocycles.